The average Bonchev–Trinajstić information content (AvgIpc) is 2.38. The number of methoxy groups -OCH3 is 1. The van der Waals surface area contributed by atoms with Crippen molar-refractivity contribution in [2.75, 3.05) is 13.8 Å². The van der Waals surface area contributed by atoms with E-state index in [1.54, 1.807) is 0 Å². The van der Waals surface area contributed by atoms with Crippen molar-refractivity contribution in [3.63, 3.8) is 0 Å². The van der Waals surface area contributed by atoms with Gasteiger partial charge in [-0.05, 0) is 12.5 Å². The third-order valence-corrected chi connectivity index (χ3v) is 2.89. The zero-order chi connectivity index (χ0) is 12.3. The number of allylic oxidation sites excluding steroid dienone is 1. The van der Waals surface area contributed by atoms with Gasteiger partial charge >= 0.3 is 5.97 Å². The molecule has 1 aromatic carbocycles. The van der Waals surface area contributed by atoms with E-state index in [1.165, 1.54) is 7.11 Å². The lowest BCUT2D eigenvalue weighted by Crippen LogP contribution is -2.41. The Morgan fingerprint density at radius 3 is 2.71 bits per heavy atom. The number of hydrogen-bond acceptors (Lipinski definition) is 4. The summed E-state index contributed by atoms with van der Waals surface area (Å²) in [5.41, 5.74) is 2.57. The van der Waals surface area contributed by atoms with Crippen LogP contribution in [0.3, 0.4) is 0 Å². The topological polar surface area (TPSA) is 50.4 Å². The molecular formula is C13H16N2O2. The molecule has 1 aliphatic heterocycles. The minimum atomic E-state index is -0.295. The number of carbonyl (C=O) groups is 1. The fourth-order valence-electron chi connectivity index (χ4n) is 2.01. The standard InChI is InChI=1S/C13H16N2O2/c1-9-11(13(16)17-2)12(15-8-14-9)10-6-4-3-5-7-10/h3-7,12,14-15H,8H2,1-2H3. The zero-order valence-corrected chi connectivity index (χ0v) is 9.99. The minimum absolute atomic E-state index is 0.107. The van der Waals surface area contributed by atoms with Crippen molar-refractivity contribution in [2.24, 2.45) is 0 Å². The van der Waals surface area contributed by atoms with Crippen LogP contribution in [0.25, 0.3) is 0 Å². The van der Waals surface area contributed by atoms with Gasteiger partial charge in [0.2, 0.25) is 0 Å². The summed E-state index contributed by atoms with van der Waals surface area (Å²) in [6.07, 6.45) is 0. The van der Waals surface area contributed by atoms with Gasteiger partial charge in [-0.3, -0.25) is 5.32 Å². The highest BCUT2D eigenvalue weighted by Gasteiger charge is 2.28. The van der Waals surface area contributed by atoms with E-state index in [4.69, 9.17) is 4.74 Å². The molecule has 1 aromatic rings. The van der Waals surface area contributed by atoms with E-state index < -0.39 is 0 Å². The zero-order valence-electron chi connectivity index (χ0n) is 9.99. The molecular weight excluding hydrogens is 216 g/mol. The number of rotatable bonds is 2. The van der Waals surface area contributed by atoms with Gasteiger partial charge in [-0.1, -0.05) is 30.3 Å². The van der Waals surface area contributed by atoms with Gasteiger partial charge in [0.15, 0.2) is 0 Å². The van der Waals surface area contributed by atoms with Crippen LogP contribution in [-0.4, -0.2) is 19.7 Å². The Bertz CT molecular complexity index is 440. The van der Waals surface area contributed by atoms with Crippen LogP contribution in [-0.2, 0) is 9.53 Å². The van der Waals surface area contributed by atoms with Gasteiger partial charge < -0.3 is 10.1 Å². The molecule has 0 saturated heterocycles. The van der Waals surface area contributed by atoms with E-state index in [-0.39, 0.29) is 12.0 Å². The normalized spacial score (nSPS) is 19.8. The predicted octanol–water partition coefficient (Wildman–Crippen LogP) is 1.32. The largest absolute Gasteiger partial charge is 0.466 e. The molecule has 0 aliphatic carbocycles. The lowest BCUT2D eigenvalue weighted by atomic mass is 9.96. The van der Waals surface area contributed by atoms with Crippen LogP contribution >= 0.6 is 0 Å². The number of carbonyl (C=O) groups excluding carboxylic acids is 1. The van der Waals surface area contributed by atoms with E-state index in [0.717, 1.165) is 11.3 Å². The smallest absolute Gasteiger partial charge is 0.337 e. The van der Waals surface area contributed by atoms with E-state index in [2.05, 4.69) is 10.6 Å². The fraction of sp³-hybridized carbons (Fsp3) is 0.308. The monoisotopic (exact) mass is 232 g/mol. The molecule has 17 heavy (non-hydrogen) atoms. The Morgan fingerprint density at radius 2 is 2.06 bits per heavy atom. The molecule has 90 valence electrons. The van der Waals surface area contributed by atoms with Gasteiger partial charge in [0.1, 0.15) is 0 Å². The molecule has 0 saturated carbocycles. The fourth-order valence-corrected chi connectivity index (χ4v) is 2.01. The lowest BCUT2D eigenvalue weighted by molar-refractivity contribution is -0.136. The van der Waals surface area contributed by atoms with Crippen LogP contribution < -0.4 is 10.6 Å². The quantitative estimate of drug-likeness (QED) is 0.755. The molecule has 2 rings (SSSR count). The van der Waals surface area contributed by atoms with Crippen molar-refractivity contribution >= 4 is 5.97 Å². The maximum Gasteiger partial charge on any atom is 0.337 e. The summed E-state index contributed by atoms with van der Waals surface area (Å²) in [4.78, 5) is 11.8. The number of ether oxygens (including phenoxy) is 1. The van der Waals surface area contributed by atoms with Crippen molar-refractivity contribution in [1.82, 2.24) is 10.6 Å². The van der Waals surface area contributed by atoms with E-state index in [0.29, 0.717) is 12.2 Å². The Morgan fingerprint density at radius 1 is 1.35 bits per heavy atom. The summed E-state index contributed by atoms with van der Waals surface area (Å²) in [6.45, 7) is 2.54. The number of hydrogen-bond donors (Lipinski definition) is 2. The molecule has 0 spiro atoms. The van der Waals surface area contributed by atoms with Crippen molar-refractivity contribution in [1.29, 1.82) is 0 Å². The van der Waals surface area contributed by atoms with Crippen LogP contribution in [0.15, 0.2) is 41.6 Å². The van der Waals surface area contributed by atoms with Gasteiger partial charge in [0.25, 0.3) is 0 Å². The Hall–Kier alpha value is -1.81. The van der Waals surface area contributed by atoms with Gasteiger partial charge in [-0.25, -0.2) is 4.79 Å². The summed E-state index contributed by atoms with van der Waals surface area (Å²) in [5.74, 6) is -0.295. The van der Waals surface area contributed by atoms with Crippen LogP contribution in [0.5, 0.6) is 0 Å². The Kier molecular flexibility index (Phi) is 3.44. The molecule has 1 heterocycles. The summed E-state index contributed by atoms with van der Waals surface area (Å²) >= 11 is 0. The Labute approximate surface area is 101 Å². The van der Waals surface area contributed by atoms with Crippen LogP contribution in [0, 0.1) is 0 Å². The first kappa shape index (κ1) is 11.7. The first-order chi connectivity index (χ1) is 8.24. The summed E-state index contributed by atoms with van der Waals surface area (Å²) < 4.78 is 4.84. The summed E-state index contributed by atoms with van der Waals surface area (Å²) in [7, 11) is 1.40. The second kappa shape index (κ2) is 5.01. The molecule has 1 unspecified atom stereocenters. The molecule has 0 aromatic heterocycles. The highest BCUT2D eigenvalue weighted by atomic mass is 16.5. The van der Waals surface area contributed by atoms with Gasteiger partial charge in [0.05, 0.1) is 25.4 Å². The second-order valence-corrected chi connectivity index (χ2v) is 3.93. The van der Waals surface area contributed by atoms with Crippen molar-refractivity contribution in [3.8, 4) is 0 Å². The van der Waals surface area contributed by atoms with Crippen molar-refractivity contribution in [2.45, 2.75) is 13.0 Å². The molecule has 0 bridgehead atoms. The average molecular weight is 232 g/mol. The molecule has 4 heteroatoms. The predicted molar refractivity (Wildman–Crippen MR) is 65.0 cm³/mol. The summed E-state index contributed by atoms with van der Waals surface area (Å²) in [5, 5.41) is 6.38. The molecule has 0 radical (unpaired) electrons. The molecule has 0 fully saturated rings. The number of nitrogens with one attached hydrogen (secondary N) is 2. The van der Waals surface area contributed by atoms with E-state index in [9.17, 15) is 4.79 Å². The highest BCUT2D eigenvalue weighted by molar-refractivity contribution is 5.91. The first-order valence-corrected chi connectivity index (χ1v) is 5.55. The third-order valence-electron chi connectivity index (χ3n) is 2.89. The number of benzene rings is 1. The molecule has 4 nitrogen and oxygen atoms in total. The maximum atomic E-state index is 11.8. The van der Waals surface area contributed by atoms with Crippen molar-refractivity contribution < 1.29 is 9.53 Å². The number of esters is 1. The van der Waals surface area contributed by atoms with Gasteiger partial charge in [-0.2, -0.15) is 0 Å². The highest BCUT2D eigenvalue weighted by Crippen LogP contribution is 2.26. The molecule has 1 atom stereocenters. The Balaban J connectivity index is 2.39. The minimum Gasteiger partial charge on any atom is -0.466 e. The maximum absolute atomic E-state index is 11.8. The van der Waals surface area contributed by atoms with Crippen LogP contribution in [0.2, 0.25) is 0 Å². The lowest BCUT2D eigenvalue weighted by Gasteiger charge is -2.28. The second-order valence-electron chi connectivity index (χ2n) is 3.93. The van der Waals surface area contributed by atoms with E-state index >= 15 is 0 Å². The molecule has 1 aliphatic rings. The summed E-state index contributed by atoms with van der Waals surface area (Å²) in [6, 6.07) is 9.77. The third kappa shape index (κ3) is 2.31. The van der Waals surface area contributed by atoms with Crippen LogP contribution in [0.1, 0.15) is 18.5 Å². The van der Waals surface area contributed by atoms with Gasteiger partial charge in [0, 0.05) is 5.70 Å². The first-order valence-electron chi connectivity index (χ1n) is 5.55. The van der Waals surface area contributed by atoms with Gasteiger partial charge in [-0.15, -0.1) is 0 Å². The van der Waals surface area contributed by atoms with E-state index in [1.807, 2.05) is 37.3 Å². The van der Waals surface area contributed by atoms with Crippen LogP contribution in [0.4, 0.5) is 0 Å². The molecule has 0 amide bonds. The van der Waals surface area contributed by atoms with Crippen molar-refractivity contribution in [3.05, 3.63) is 47.2 Å². The SMILES string of the molecule is COC(=O)C1=C(C)NCNC1c1ccccc1. The molecule has 2 N–H and O–H groups in total.